The highest BCUT2D eigenvalue weighted by Crippen LogP contribution is 2.34. The lowest BCUT2D eigenvalue weighted by Crippen LogP contribution is -2.35. The average Bonchev–Trinajstić information content (AvgIpc) is 2.47. The highest BCUT2D eigenvalue weighted by Gasteiger charge is 2.29. The number of anilines is 1. The second-order valence-corrected chi connectivity index (χ2v) is 7.17. The molecule has 0 bridgehead atoms. The van der Waals surface area contributed by atoms with Gasteiger partial charge in [0.05, 0.1) is 10.6 Å². The zero-order valence-electron chi connectivity index (χ0n) is 11.8. The van der Waals surface area contributed by atoms with Crippen LogP contribution >= 0.6 is 0 Å². The van der Waals surface area contributed by atoms with Gasteiger partial charge in [-0.1, -0.05) is 23.8 Å². The Bertz CT molecular complexity index is 767. The zero-order chi connectivity index (χ0) is 15.0. The first-order chi connectivity index (χ1) is 9.98. The number of benzene rings is 2. The predicted molar refractivity (Wildman–Crippen MR) is 82.1 cm³/mol. The fourth-order valence-electron chi connectivity index (χ4n) is 2.62. The Morgan fingerprint density at radius 3 is 2.52 bits per heavy atom. The van der Waals surface area contributed by atoms with Gasteiger partial charge in [-0.05, 0) is 43.5 Å². The lowest BCUT2D eigenvalue weighted by atomic mass is 10.0. The van der Waals surface area contributed by atoms with Crippen LogP contribution in [0, 0.1) is 6.92 Å². The fraction of sp³-hybridized carbons (Fsp3) is 0.250. The SMILES string of the molecule is Cc1ccc(S(=O)(=O)N2CCCc3ccc(O)cc32)cc1. The van der Waals surface area contributed by atoms with Crippen LogP contribution in [0.2, 0.25) is 0 Å². The molecule has 3 rings (SSSR count). The molecule has 1 heterocycles. The van der Waals surface area contributed by atoms with Crippen molar-refractivity contribution in [2.24, 2.45) is 0 Å². The first kappa shape index (κ1) is 13.9. The minimum atomic E-state index is -3.59. The van der Waals surface area contributed by atoms with E-state index >= 15 is 0 Å². The molecule has 0 atom stereocenters. The minimum absolute atomic E-state index is 0.0831. The van der Waals surface area contributed by atoms with Crippen LogP contribution in [-0.2, 0) is 16.4 Å². The van der Waals surface area contributed by atoms with Crippen molar-refractivity contribution in [1.29, 1.82) is 0 Å². The van der Waals surface area contributed by atoms with Gasteiger partial charge in [-0.25, -0.2) is 8.42 Å². The number of aryl methyl sites for hydroxylation is 2. The topological polar surface area (TPSA) is 57.6 Å². The van der Waals surface area contributed by atoms with Crippen LogP contribution < -0.4 is 4.31 Å². The minimum Gasteiger partial charge on any atom is -0.508 e. The van der Waals surface area contributed by atoms with Gasteiger partial charge in [0.1, 0.15) is 5.75 Å². The summed E-state index contributed by atoms with van der Waals surface area (Å²) in [7, 11) is -3.59. The first-order valence-corrected chi connectivity index (χ1v) is 8.34. The van der Waals surface area contributed by atoms with Crippen molar-refractivity contribution in [3.63, 3.8) is 0 Å². The first-order valence-electron chi connectivity index (χ1n) is 6.90. The third kappa shape index (κ3) is 2.49. The number of nitrogens with zero attached hydrogens (tertiary/aromatic N) is 1. The second kappa shape index (κ2) is 5.07. The zero-order valence-corrected chi connectivity index (χ0v) is 12.6. The van der Waals surface area contributed by atoms with Gasteiger partial charge in [-0.15, -0.1) is 0 Å². The van der Waals surface area contributed by atoms with Crippen molar-refractivity contribution in [3.8, 4) is 5.75 Å². The van der Waals surface area contributed by atoms with Crippen LogP contribution in [-0.4, -0.2) is 20.1 Å². The van der Waals surface area contributed by atoms with Crippen LogP contribution in [0.15, 0.2) is 47.4 Å². The van der Waals surface area contributed by atoms with Crippen LogP contribution in [0.1, 0.15) is 17.5 Å². The monoisotopic (exact) mass is 303 g/mol. The summed E-state index contributed by atoms with van der Waals surface area (Å²) < 4.78 is 27.0. The van der Waals surface area contributed by atoms with Crippen molar-refractivity contribution >= 4 is 15.7 Å². The lowest BCUT2D eigenvalue weighted by Gasteiger charge is -2.30. The number of aromatic hydroxyl groups is 1. The Balaban J connectivity index is 2.09. The van der Waals surface area contributed by atoms with Crippen LogP contribution in [0.3, 0.4) is 0 Å². The molecule has 0 aromatic heterocycles. The van der Waals surface area contributed by atoms with Gasteiger partial charge >= 0.3 is 0 Å². The molecule has 1 aliphatic heterocycles. The van der Waals surface area contributed by atoms with E-state index in [0.717, 1.165) is 24.0 Å². The quantitative estimate of drug-likeness (QED) is 0.928. The molecule has 0 aliphatic carbocycles. The van der Waals surface area contributed by atoms with Crippen LogP contribution in [0.4, 0.5) is 5.69 Å². The van der Waals surface area contributed by atoms with E-state index in [1.807, 2.05) is 6.92 Å². The van der Waals surface area contributed by atoms with Crippen molar-refractivity contribution in [2.75, 3.05) is 10.8 Å². The van der Waals surface area contributed by atoms with E-state index in [2.05, 4.69) is 0 Å². The smallest absolute Gasteiger partial charge is 0.264 e. The Kier molecular flexibility index (Phi) is 3.37. The molecular weight excluding hydrogens is 286 g/mol. The molecule has 4 nitrogen and oxygen atoms in total. The van der Waals surface area contributed by atoms with Crippen molar-refractivity contribution in [3.05, 3.63) is 53.6 Å². The number of phenolic OH excluding ortho intramolecular Hbond substituents is 1. The molecule has 110 valence electrons. The van der Waals surface area contributed by atoms with Gasteiger partial charge in [-0.3, -0.25) is 4.31 Å². The maximum atomic E-state index is 12.8. The van der Waals surface area contributed by atoms with E-state index in [1.54, 1.807) is 36.4 Å². The molecule has 0 fully saturated rings. The maximum absolute atomic E-state index is 12.8. The molecule has 0 radical (unpaired) electrons. The molecule has 1 aliphatic rings. The predicted octanol–water partition coefficient (Wildman–Crippen LogP) is 2.84. The molecule has 0 unspecified atom stereocenters. The van der Waals surface area contributed by atoms with Crippen molar-refractivity contribution in [1.82, 2.24) is 0 Å². The summed E-state index contributed by atoms with van der Waals surface area (Å²) in [6.45, 7) is 2.36. The summed E-state index contributed by atoms with van der Waals surface area (Å²) in [4.78, 5) is 0.282. The maximum Gasteiger partial charge on any atom is 0.264 e. The molecule has 5 heteroatoms. The van der Waals surface area contributed by atoms with E-state index in [-0.39, 0.29) is 10.6 Å². The molecule has 21 heavy (non-hydrogen) atoms. The summed E-state index contributed by atoms with van der Waals surface area (Å²) in [6, 6.07) is 11.8. The molecule has 0 amide bonds. The molecular formula is C16H17NO3S. The number of hydrogen-bond donors (Lipinski definition) is 1. The number of rotatable bonds is 2. The molecule has 0 spiro atoms. The Morgan fingerprint density at radius 1 is 1.10 bits per heavy atom. The third-order valence-electron chi connectivity index (χ3n) is 3.75. The van der Waals surface area contributed by atoms with Gasteiger partial charge < -0.3 is 5.11 Å². The van der Waals surface area contributed by atoms with E-state index in [9.17, 15) is 13.5 Å². The second-order valence-electron chi connectivity index (χ2n) is 5.31. The number of hydrogen-bond acceptors (Lipinski definition) is 3. The molecule has 0 saturated heterocycles. The van der Waals surface area contributed by atoms with Gasteiger partial charge in [0, 0.05) is 12.6 Å². The average molecular weight is 303 g/mol. The summed E-state index contributed by atoms with van der Waals surface area (Å²) in [5.41, 5.74) is 2.56. The summed E-state index contributed by atoms with van der Waals surface area (Å²) in [5, 5.41) is 9.66. The highest BCUT2D eigenvalue weighted by atomic mass is 32.2. The van der Waals surface area contributed by atoms with E-state index in [4.69, 9.17) is 0 Å². The molecule has 2 aromatic rings. The number of fused-ring (bicyclic) bond motifs is 1. The van der Waals surface area contributed by atoms with Crippen LogP contribution in [0.5, 0.6) is 5.75 Å². The van der Waals surface area contributed by atoms with Gasteiger partial charge in [0.15, 0.2) is 0 Å². The standard InChI is InChI=1S/C16H17NO3S/c1-12-4-8-15(9-5-12)21(19,20)17-10-2-3-13-6-7-14(18)11-16(13)17/h4-9,11,18H,2-3,10H2,1H3. The Hall–Kier alpha value is -2.01. The Morgan fingerprint density at radius 2 is 1.81 bits per heavy atom. The molecule has 0 saturated carbocycles. The van der Waals surface area contributed by atoms with Crippen molar-refractivity contribution in [2.45, 2.75) is 24.7 Å². The Labute approximate surface area is 124 Å². The van der Waals surface area contributed by atoms with E-state index in [1.165, 1.54) is 10.4 Å². The number of sulfonamides is 1. The molecule has 2 aromatic carbocycles. The normalized spacial score (nSPS) is 14.8. The lowest BCUT2D eigenvalue weighted by molar-refractivity contribution is 0.475. The van der Waals surface area contributed by atoms with Gasteiger partial charge in [-0.2, -0.15) is 0 Å². The van der Waals surface area contributed by atoms with Gasteiger partial charge in [0.25, 0.3) is 10.0 Å². The summed E-state index contributed by atoms with van der Waals surface area (Å²) in [6.07, 6.45) is 1.61. The largest absolute Gasteiger partial charge is 0.508 e. The fourth-order valence-corrected chi connectivity index (χ4v) is 4.15. The van der Waals surface area contributed by atoms with Crippen molar-refractivity contribution < 1.29 is 13.5 Å². The summed E-state index contributed by atoms with van der Waals surface area (Å²) in [5.74, 6) is 0.0831. The highest BCUT2D eigenvalue weighted by molar-refractivity contribution is 7.92. The third-order valence-corrected chi connectivity index (χ3v) is 5.58. The van der Waals surface area contributed by atoms with E-state index < -0.39 is 10.0 Å². The molecule has 1 N–H and O–H groups in total. The van der Waals surface area contributed by atoms with Gasteiger partial charge in [0.2, 0.25) is 0 Å². The van der Waals surface area contributed by atoms with Crippen LogP contribution in [0.25, 0.3) is 0 Å². The number of phenols is 1. The summed E-state index contributed by atoms with van der Waals surface area (Å²) >= 11 is 0. The van der Waals surface area contributed by atoms with E-state index in [0.29, 0.717) is 12.2 Å².